The molecule has 0 aromatic heterocycles. The van der Waals surface area contributed by atoms with Crippen molar-refractivity contribution in [1.82, 2.24) is 0 Å². The number of phenols is 1. The fraction of sp³-hybridized carbons (Fsp3) is 0.355. The molecule has 0 saturated heterocycles. The van der Waals surface area contributed by atoms with Gasteiger partial charge in [-0.2, -0.15) is 8.42 Å². The lowest BCUT2D eigenvalue weighted by Gasteiger charge is -2.38. The maximum atomic E-state index is 12.0. The van der Waals surface area contributed by atoms with Crippen LogP contribution in [0.4, 0.5) is 0 Å². The number of allylic oxidation sites excluding steroid dienone is 1. The van der Waals surface area contributed by atoms with Gasteiger partial charge < -0.3 is 14.9 Å². The summed E-state index contributed by atoms with van der Waals surface area (Å²) < 4.78 is 40.3. The summed E-state index contributed by atoms with van der Waals surface area (Å²) >= 11 is 0. The minimum absolute atomic E-state index is 0.0781. The summed E-state index contributed by atoms with van der Waals surface area (Å²) in [5, 5.41) is 18.7. The van der Waals surface area contributed by atoms with Crippen molar-refractivity contribution in [2.45, 2.75) is 68.3 Å². The number of phenolic OH excluding ortho intramolecular Hbond substituents is 1. The zero-order valence-electron chi connectivity index (χ0n) is 21.4. The molecule has 202 valence electrons. The molecule has 1 aliphatic rings. The predicted octanol–water partition coefficient (Wildman–Crippen LogP) is 6.50. The first-order valence-corrected chi connectivity index (χ1v) is 14.7. The highest BCUT2D eigenvalue weighted by Gasteiger charge is 2.36. The second-order valence-electron chi connectivity index (χ2n) is 10.0. The SMILES string of the molecule is O=S(=O)(O)C(CC=CC(O)c1ccc(O)cc1)CCc1ccc(OC2(c3ccccc3)CCCCC2)cc1. The highest BCUT2D eigenvalue weighted by atomic mass is 32.2. The van der Waals surface area contributed by atoms with Gasteiger partial charge in [0.05, 0.1) is 11.4 Å². The third kappa shape index (κ3) is 7.47. The van der Waals surface area contributed by atoms with E-state index in [2.05, 4.69) is 12.1 Å². The molecule has 2 atom stereocenters. The van der Waals surface area contributed by atoms with Crippen LogP contribution in [-0.2, 0) is 22.1 Å². The zero-order valence-corrected chi connectivity index (χ0v) is 22.3. The summed E-state index contributed by atoms with van der Waals surface area (Å²) in [6, 6.07) is 24.3. The third-order valence-corrected chi connectivity index (χ3v) is 8.60. The molecule has 4 rings (SSSR count). The molecule has 7 heteroatoms. The molecule has 3 aromatic rings. The maximum absolute atomic E-state index is 12.0. The van der Waals surface area contributed by atoms with Crippen molar-refractivity contribution in [3.8, 4) is 11.5 Å². The van der Waals surface area contributed by atoms with Crippen molar-refractivity contribution in [1.29, 1.82) is 0 Å². The number of rotatable bonds is 11. The first kappa shape index (κ1) is 27.9. The third-order valence-electron chi connectivity index (χ3n) is 7.33. The van der Waals surface area contributed by atoms with E-state index in [0.717, 1.165) is 37.0 Å². The summed E-state index contributed by atoms with van der Waals surface area (Å²) in [6.07, 6.45) is 8.35. The fourth-order valence-electron chi connectivity index (χ4n) is 5.12. The largest absolute Gasteiger partial charge is 0.508 e. The van der Waals surface area contributed by atoms with Gasteiger partial charge in [0.25, 0.3) is 10.1 Å². The van der Waals surface area contributed by atoms with Crippen LogP contribution in [0.25, 0.3) is 0 Å². The number of aromatic hydroxyl groups is 1. The topological polar surface area (TPSA) is 104 Å². The van der Waals surface area contributed by atoms with E-state index in [9.17, 15) is 23.2 Å². The molecule has 0 amide bonds. The number of benzene rings is 3. The summed E-state index contributed by atoms with van der Waals surface area (Å²) in [4.78, 5) is 0. The summed E-state index contributed by atoms with van der Waals surface area (Å²) in [5.41, 5.74) is 2.40. The van der Waals surface area contributed by atoms with Gasteiger partial charge in [0.15, 0.2) is 0 Å². The quantitative estimate of drug-likeness (QED) is 0.191. The molecular weight excluding hydrogens is 500 g/mol. The van der Waals surface area contributed by atoms with Crippen molar-refractivity contribution in [2.75, 3.05) is 0 Å². The molecule has 6 nitrogen and oxygen atoms in total. The molecule has 38 heavy (non-hydrogen) atoms. The van der Waals surface area contributed by atoms with Crippen LogP contribution in [-0.4, -0.2) is 28.4 Å². The molecule has 3 aromatic carbocycles. The molecule has 0 bridgehead atoms. The van der Waals surface area contributed by atoms with Gasteiger partial charge in [-0.3, -0.25) is 4.55 Å². The molecule has 0 aliphatic heterocycles. The molecule has 1 aliphatic carbocycles. The van der Waals surface area contributed by atoms with E-state index in [1.54, 1.807) is 18.2 Å². The minimum atomic E-state index is -4.26. The van der Waals surface area contributed by atoms with Gasteiger partial charge in [-0.25, -0.2) is 0 Å². The van der Waals surface area contributed by atoms with Crippen LogP contribution >= 0.6 is 0 Å². The Balaban J connectivity index is 1.36. The predicted molar refractivity (Wildman–Crippen MR) is 149 cm³/mol. The van der Waals surface area contributed by atoms with Crippen molar-refractivity contribution < 1.29 is 27.9 Å². The highest BCUT2D eigenvalue weighted by Crippen LogP contribution is 2.41. The average molecular weight is 537 g/mol. The fourth-order valence-corrected chi connectivity index (χ4v) is 5.89. The van der Waals surface area contributed by atoms with Gasteiger partial charge >= 0.3 is 0 Å². The van der Waals surface area contributed by atoms with E-state index < -0.39 is 21.5 Å². The van der Waals surface area contributed by atoms with Gasteiger partial charge in [0, 0.05) is 0 Å². The number of ether oxygens (including phenoxy) is 1. The molecule has 0 radical (unpaired) electrons. The van der Waals surface area contributed by atoms with Gasteiger partial charge in [-0.05, 0) is 85.9 Å². The van der Waals surface area contributed by atoms with Gasteiger partial charge in [-0.1, -0.05) is 73.2 Å². The van der Waals surface area contributed by atoms with E-state index in [-0.39, 0.29) is 24.2 Å². The number of aliphatic hydroxyl groups excluding tert-OH is 1. The van der Waals surface area contributed by atoms with Crippen LogP contribution in [0.3, 0.4) is 0 Å². The smallest absolute Gasteiger partial charge is 0.268 e. The van der Waals surface area contributed by atoms with E-state index in [1.807, 2.05) is 42.5 Å². The highest BCUT2D eigenvalue weighted by molar-refractivity contribution is 7.86. The second kappa shape index (κ2) is 12.6. The van der Waals surface area contributed by atoms with Crippen LogP contribution in [0.1, 0.15) is 67.7 Å². The van der Waals surface area contributed by atoms with Crippen LogP contribution < -0.4 is 4.74 Å². The van der Waals surface area contributed by atoms with E-state index in [4.69, 9.17) is 4.74 Å². The first-order valence-electron chi connectivity index (χ1n) is 13.2. The lowest BCUT2D eigenvalue weighted by atomic mass is 9.79. The lowest BCUT2D eigenvalue weighted by Crippen LogP contribution is -2.35. The normalized spacial score (nSPS) is 17.2. The molecule has 3 N–H and O–H groups in total. The van der Waals surface area contributed by atoms with Gasteiger partial charge in [0.1, 0.15) is 17.1 Å². The Labute approximate surface area is 225 Å². The van der Waals surface area contributed by atoms with Crippen LogP contribution in [0.2, 0.25) is 0 Å². The van der Waals surface area contributed by atoms with Gasteiger partial charge in [0.2, 0.25) is 0 Å². The number of hydrogen-bond donors (Lipinski definition) is 3. The first-order chi connectivity index (χ1) is 18.2. The Bertz CT molecular complexity index is 1280. The number of aliphatic hydroxyl groups is 1. The summed E-state index contributed by atoms with van der Waals surface area (Å²) in [7, 11) is -4.26. The Morgan fingerprint density at radius 1 is 0.895 bits per heavy atom. The Morgan fingerprint density at radius 2 is 1.55 bits per heavy atom. The van der Waals surface area contributed by atoms with E-state index >= 15 is 0 Å². The molecule has 1 saturated carbocycles. The van der Waals surface area contributed by atoms with Crippen molar-refractivity contribution in [3.05, 3.63) is 108 Å². The lowest BCUT2D eigenvalue weighted by molar-refractivity contribution is 0.0263. The number of aryl methyl sites for hydroxylation is 1. The van der Waals surface area contributed by atoms with Crippen LogP contribution in [0.15, 0.2) is 91.0 Å². The van der Waals surface area contributed by atoms with Crippen LogP contribution in [0.5, 0.6) is 11.5 Å². The second-order valence-corrected chi connectivity index (χ2v) is 11.7. The zero-order chi connectivity index (χ0) is 27.0. The Kier molecular flexibility index (Phi) is 9.26. The Hall–Kier alpha value is -3.13. The average Bonchev–Trinajstić information content (AvgIpc) is 2.92. The molecule has 0 heterocycles. The monoisotopic (exact) mass is 536 g/mol. The molecule has 0 spiro atoms. The minimum Gasteiger partial charge on any atom is -0.508 e. The maximum Gasteiger partial charge on any atom is 0.268 e. The number of hydrogen-bond acceptors (Lipinski definition) is 5. The van der Waals surface area contributed by atoms with Crippen LogP contribution in [0, 0.1) is 0 Å². The molecule has 2 unspecified atom stereocenters. The molecular formula is C31H36O6S. The summed E-state index contributed by atoms with van der Waals surface area (Å²) in [6.45, 7) is 0. The standard InChI is InChI=1S/C31H36O6S/c32-27-17-15-25(16-18-27)30(33)11-7-10-29(38(34,35)36)21-14-24-12-19-28(20-13-24)37-31(22-5-2-6-23-31)26-8-3-1-4-9-26/h1,3-4,7-9,11-13,15-20,29-30,32-33H,2,5-6,10,14,21-23H2,(H,34,35,36). The Morgan fingerprint density at radius 3 is 2.18 bits per heavy atom. The van der Waals surface area contributed by atoms with Crippen molar-refractivity contribution >= 4 is 10.1 Å². The molecule has 1 fully saturated rings. The summed E-state index contributed by atoms with van der Waals surface area (Å²) in [5.74, 6) is 0.887. The van der Waals surface area contributed by atoms with Gasteiger partial charge in [-0.15, -0.1) is 0 Å². The van der Waals surface area contributed by atoms with E-state index in [0.29, 0.717) is 12.0 Å². The van der Waals surface area contributed by atoms with E-state index in [1.165, 1.54) is 30.2 Å². The van der Waals surface area contributed by atoms with Crippen molar-refractivity contribution in [2.24, 2.45) is 0 Å². The van der Waals surface area contributed by atoms with Crippen molar-refractivity contribution in [3.63, 3.8) is 0 Å².